The number of allylic oxidation sites excluding steroid dienone is 2. The molecule has 2 saturated heterocycles. The minimum absolute atomic E-state index is 0.0312. The molecule has 10 nitrogen and oxygen atoms in total. The molecule has 9 fully saturated rings. The fraction of sp³-hybridized carbons (Fsp3) is 0.771. The van der Waals surface area contributed by atoms with Gasteiger partial charge < -0.3 is 41.5 Å². The zero-order valence-corrected chi connectivity index (χ0v) is 50.0. The predicted octanol–water partition coefficient (Wildman–Crippen LogP) is 11.8. The van der Waals surface area contributed by atoms with E-state index in [1.807, 2.05) is 26.1 Å². The van der Waals surface area contributed by atoms with Gasteiger partial charge in [0.15, 0.2) is 5.78 Å². The van der Waals surface area contributed by atoms with Crippen molar-refractivity contribution in [2.75, 3.05) is 25.9 Å². The van der Waals surface area contributed by atoms with Gasteiger partial charge in [0.25, 0.3) is 0 Å². The standard InChI is InChI=1S/C70H101N3O7/c1-40(2)27-41-28-45(32-48(71)30-41)50-15-11-16-52(50)67(6)62(80-67)60(77)51-20-18-44-14-10-13-43-17-19-46(37-74)70-34-54-61-65(4,24-9-8-23-64(3,79)39-73-54)63(78)68(47-29-42(36-72-7)31-49(75)33-47)25-12-26-69(70)35-55(76)59(58(51)57(43)44)53(69)21-22-56(70)66(61,5)38-68/h28-33,40,43-44,46,50-52,54,56-58,60-62,72-75,77,79H,8-27,34-39,71H2,1-7H3/t43-,44+,46+,50-,51-,52-,54+,56-,57+,58+,60-,61+,62-,64-,65-,66+,67-,68+,69+,70-/m1/s1. The molecule has 7 saturated carbocycles. The van der Waals surface area contributed by atoms with Crippen molar-refractivity contribution in [2.45, 2.75) is 237 Å². The first-order chi connectivity index (χ1) is 38.2. The number of carbonyl (C=O) groups is 2. The lowest BCUT2D eigenvalue weighted by Crippen LogP contribution is -2.74. The summed E-state index contributed by atoms with van der Waals surface area (Å²) in [6.07, 6.45) is 19.6. The number of nitrogens with two attached hydrogens (primary N) is 1. The number of phenolic OH excluding ortho intramolecular Hbond substituents is 1. The van der Waals surface area contributed by atoms with Crippen molar-refractivity contribution in [1.82, 2.24) is 10.6 Å². The monoisotopic (exact) mass is 1100 g/mol. The predicted molar refractivity (Wildman–Crippen MR) is 315 cm³/mol. The number of β-amino-alcohol motifs (C(OH)–C–C–N with tert-alkyl or cyclic N) is 1. The molecule has 10 heteroatoms. The van der Waals surface area contributed by atoms with Gasteiger partial charge in [0.2, 0.25) is 0 Å². The Morgan fingerprint density at radius 2 is 1.60 bits per heavy atom. The van der Waals surface area contributed by atoms with Crippen LogP contribution in [0.3, 0.4) is 0 Å². The molecule has 2 aliphatic heterocycles. The van der Waals surface area contributed by atoms with Crippen LogP contribution in [0.15, 0.2) is 47.5 Å². The summed E-state index contributed by atoms with van der Waals surface area (Å²) in [6, 6.07) is 12.6. The van der Waals surface area contributed by atoms with Crippen LogP contribution in [-0.2, 0) is 32.7 Å². The number of phenols is 1. The summed E-state index contributed by atoms with van der Waals surface area (Å²) < 4.78 is 7.07. The number of fused-ring (bicyclic) bond motifs is 2. The number of Topliss-reactive ketones (excluding diaryl/α,β-unsaturated/α-hetero) is 2. The molecule has 7 bridgehead atoms. The van der Waals surface area contributed by atoms with Crippen LogP contribution in [0.25, 0.3) is 0 Å². The van der Waals surface area contributed by atoms with Crippen molar-refractivity contribution >= 4 is 17.3 Å². The maximum atomic E-state index is 16.7. The number of rotatable bonds is 10. The van der Waals surface area contributed by atoms with E-state index in [9.17, 15) is 20.4 Å². The second-order valence-corrected chi connectivity index (χ2v) is 31.1. The van der Waals surface area contributed by atoms with Gasteiger partial charge in [0, 0.05) is 48.7 Å². The van der Waals surface area contributed by atoms with Gasteiger partial charge in [-0.25, -0.2) is 0 Å². The van der Waals surface area contributed by atoms with Crippen LogP contribution in [0, 0.1) is 80.8 Å². The molecular weight excluding hydrogens is 995 g/mol. The lowest BCUT2D eigenvalue weighted by Gasteiger charge is -2.74. The normalized spacial score (nSPS) is 46.3. The van der Waals surface area contributed by atoms with Crippen molar-refractivity contribution in [1.29, 1.82) is 0 Å². The number of epoxide rings is 1. The summed E-state index contributed by atoms with van der Waals surface area (Å²) in [5.41, 5.74) is 10.1. The highest BCUT2D eigenvalue weighted by Gasteiger charge is 2.78. The van der Waals surface area contributed by atoms with E-state index in [0.29, 0.717) is 79.9 Å². The van der Waals surface area contributed by atoms with E-state index < -0.39 is 44.4 Å². The summed E-state index contributed by atoms with van der Waals surface area (Å²) in [5.74, 6) is 3.02. The van der Waals surface area contributed by atoms with Crippen molar-refractivity contribution in [3.63, 3.8) is 0 Å². The van der Waals surface area contributed by atoms with Crippen molar-refractivity contribution in [3.8, 4) is 5.75 Å². The molecule has 20 atom stereocenters. The Labute approximate surface area is 479 Å². The second kappa shape index (κ2) is 20.0. The largest absolute Gasteiger partial charge is 0.508 e. The Morgan fingerprint density at radius 1 is 0.838 bits per heavy atom. The lowest BCUT2D eigenvalue weighted by atomic mass is 9.30. The van der Waals surface area contributed by atoms with Crippen molar-refractivity contribution in [3.05, 3.63) is 69.8 Å². The second-order valence-electron chi connectivity index (χ2n) is 31.1. The maximum absolute atomic E-state index is 16.7. The quantitative estimate of drug-likeness (QED) is 0.0895. The fourth-order valence-corrected chi connectivity index (χ4v) is 24.0. The third-order valence-corrected chi connectivity index (χ3v) is 26.3. The molecule has 80 heavy (non-hydrogen) atoms. The van der Waals surface area contributed by atoms with Crippen LogP contribution < -0.4 is 16.4 Å². The lowest BCUT2D eigenvalue weighted by molar-refractivity contribution is -0.232. The highest BCUT2D eigenvalue weighted by molar-refractivity contribution is 6.01. The average molecular weight is 1100 g/mol. The molecule has 9 aliphatic carbocycles. The first kappa shape index (κ1) is 56.0. The van der Waals surface area contributed by atoms with Gasteiger partial charge in [0.05, 0.1) is 22.7 Å². The van der Waals surface area contributed by atoms with Gasteiger partial charge in [-0.3, -0.25) is 9.59 Å². The Kier molecular flexibility index (Phi) is 14.0. The molecule has 0 unspecified atom stereocenters. The molecule has 2 heterocycles. The van der Waals surface area contributed by atoms with Crippen LogP contribution in [0.1, 0.15) is 211 Å². The summed E-state index contributed by atoms with van der Waals surface area (Å²) in [6.45, 7) is 14.8. The molecule has 2 aromatic rings. The van der Waals surface area contributed by atoms with Crippen molar-refractivity contribution in [2.24, 2.45) is 80.8 Å². The molecular formula is C70H101N3O7. The van der Waals surface area contributed by atoms with E-state index in [1.165, 1.54) is 29.5 Å². The summed E-state index contributed by atoms with van der Waals surface area (Å²) in [5, 5.41) is 57.3. The smallest absolute Gasteiger partial charge is 0.160 e. The Bertz CT molecular complexity index is 2790. The number of hydrogen-bond acceptors (Lipinski definition) is 10. The maximum Gasteiger partial charge on any atom is 0.160 e. The SMILES string of the molecule is CNCc1cc(O)cc([C@]23CCC[C@]45CC(=O)C6=C4CC[C@@H]4[C@](C)(C2)[C@H]2[C@H](C[C@@]45[C@H](CO)CC[C@H]4CCC[C@H]5CC[C@@H]([C@@H](O)[C@H]7O[C@]7(C)[C@@H]7CCC[C@@H]7c7cc(N)cc(CC(C)C)c7)[C@H]6[C@@H]45)NC[C@](C)(O)CCCC[C@@]2(C)C3=O)c1. The zero-order chi connectivity index (χ0) is 56.1. The summed E-state index contributed by atoms with van der Waals surface area (Å²) >= 11 is 0. The van der Waals surface area contributed by atoms with E-state index in [1.54, 1.807) is 0 Å². The molecule has 0 radical (unpaired) electrons. The van der Waals surface area contributed by atoms with Crippen LogP contribution >= 0.6 is 0 Å². The molecule has 0 aromatic heterocycles. The molecule has 11 aliphatic rings. The summed E-state index contributed by atoms with van der Waals surface area (Å²) in [4.78, 5) is 33.2. The summed E-state index contributed by atoms with van der Waals surface area (Å²) in [7, 11) is 1.93. The van der Waals surface area contributed by atoms with Gasteiger partial charge in [-0.1, -0.05) is 90.3 Å². The van der Waals surface area contributed by atoms with Crippen LogP contribution in [0.2, 0.25) is 0 Å². The number of ether oxygens (including phenoxy) is 1. The number of anilines is 1. The van der Waals surface area contributed by atoms with Crippen LogP contribution in [-0.4, -0.2) is 81.6 Å². The Hall–Kier alpha value is -3.12. The number of hydrogen-bond donors (Lipinski definition) is 7. The van der Waals surface area contributed by atoms with Crippen LogP contribution in [0.5, 0.6) is 5.75 Å². The number of aliphatic hydroxyl groups excluding tert-OH is 2. The van der Waals surface area contributed by atoms with Gasteiger partial charge in [-0.2, -0.15) is 0 Å². The van der Waals surface area contributed by atoms with Gasteiger partial charge >= 0.3 is 0 Å². The molecule has 2 spiro atoms. The number of nitrogens with one attached hydrogen (secondary N) is 2. The average Bonchev–Trinajstić information content (AvgIpc) is 1.28. The minimum Gasteiger partial charge on any atom is -0.508 e. The molecule has 13 rings (SSSR count). The van der Waals surface area contributed by atoms with E-state index in [4.69, 9.17) is 10.5 Å². The van der Waals surface area contributed by atoms with E-state index >= 15 is 9.59 Å². The molecule has 8 N–H and O–H groups in total. The number of aliphatic hydroxyl groups is 3. The highest BCUT2D eigenvalue weighted by Crippen LogP contribution is 2.81. The van der Waals surface area contributed by atoms with Crippen LogP contribution in [0.4, 0.5) is 5.69 Å². The number of carbonyl (C=O) groups excluding carboxylic acids is 2. The number of nitrogen functional groups attached to an aromatic ring is 1. The Morgan fingerprint density at radius 3 is 2.36 bits per heavy atom. The molecule has 2 aromatic carbocycles. The molecule has 438 valence electrons. The first-order valence-corrected chi connectivity index (χ1v) is 32.8. The topological polar surface area (TPSA) is 178 Å². The van der Waals surface area contributed by atoms with Crippen molar-refractivity contribution < 1.29 is 34.8 Å². The zero-order valence-electron chi connectivity index (χ0n) is 50.0. The van der Waals surface area contributed by atoms with E-state index in [0.717, 1.165) is 132 Å². The van der Waals surface area contributed by atoms with E-state index in [2.05, 4.69) is 69.5 Å². The van der Waals surface area contributed by atoms with Gasteiger partial charge in [-0.15, -0.1) is 0 Å². The third kappa shape index (κ3) is 8.30. The Balaban J connectivity index is 0.966. The number of benzene rings is 2. The third-order valence-electron chi connectivity index (χ3n) is 26.3. The minimum atomic E-state index is -0.922. The first-order valence-electron chi connectivity index (χ1n) is 32.8. The van der Waals surface area contributed by atoms with Gasteiger partial charge in [0.1, 0.15) is 17.6 Å². The number of aromatic hydroxyl groups is 1. The van der Waals surface area contributed by atoms with E-state index in [-0.39, 0.29) is 60.0 Å². The van der Waals surface area contributed by atoms with Gasteiger partial charge in [-0.05, 0) is 245 Å². The molecule has 0 amide bonds. The number of ketones is 2. The fourth-order valence-electron chi connectivity index (χ4n) is 24.0. The highest BCUT2D eigenvalue weighted by atomic mass is 16.6.